The summed E-state index contributed by atoms with van der Waals surface area (Å²) < 4.78 is 0. The minimum atomic E-state index is -2.05. The van der Waals surface area contributed by atoms with Gasteiger partial charge in [0.2, 0.25) is 0 Å². The fraction of sp³-hybridized carbons (Fsp3) is 0.308. The molecule has 0 radical (unpaired) electrons. The number of para-hydroxylation sites is 1. The maximum atomic E-state index is 11.9. The number of urea groups is 1. The van der Waals surface area contributed by atoms with E-state index in [1.165, 1.54) is 11.9 Å². The highest BCUT2D eigenvalue weighted by molar-refractivity contribution is 5.93. The molecular weight excluding hydrogens is 262 g/mol. The molecule has 0 aliphatic rings. The molecule has 1 unspecified atom stereocenters. The molecule has 7 nitrogen and oxygen atoms in total. The third kappa shape index (κ3) is 3.46. The SMILES string of the molecule is CN(C(=O)NCC(C)(O)C(=O)O)c1ccccc1C#N. The second-order valence-electron chi connectivity index (χ2n) is 4.43. The summed E-state index contributed by atoms with van der Waals surface area (Å²) in [6, 6.07) is 7.84. The topological polar surface area (TPSA) is 114 Å². The van der Waals surface area contributed by atoms with E-state index in [0.29, 0.717) is 11.3 Å². The quantitative estimate of drug-likeness (QED) is 0.743. The number of nitriles is 1. The number of rotatable bonds is 4. The van der Waals surface area contributed by atoms with Crippen LogP contribution in [0.15, 0.2) is 24.3 Å². The second kappa shape index (κ2) is 6.04. The number of hydrogen-bond donors (Lipinski definition) is 3. The van der Waals surface area contributed by atoms with Gasteiger partial charge in [-0.05, 0) is 19.1 Å². The first-order chi connectivity index (χ1) is 9.29. The Kier molecular flexibility index (Phi) is 4.67. The van der Waals surface area contributed by atoms with Gasteiger partial charge in [0.1, 0.15) is 6.07 Å². The van der Waals surface area contributed by atoms with Gasteiger partial charge in [0.25, 0.3) is 0 Å². The summed E-state index contributed by atoms with van der Waals surface area (Å²) in [7, 11) is 1.45. The summed E-state index contributed by atoms with van der Waals surface area (Å²) >= 11 is 0. The van der Waals surface area contributed by atoms with Crippen molar-refractivity contribution in [2.24, 2.45) is 0 Å². The predicted octanol–water partition coefficient (Wildman–Crippen LogP) is 0.540. The first-order valence-corrected chi connectivity index (χ1v) is 5.76. The van der Waals surface area contributed by atoms with Crippen LogP contribution in [0, 0.1) is 11.3 Å². The molecule has 0 aliphatic carbocycles. The number of nitrogens with zero attached hydrogens (tertiary/aromatic N) is 2. The molecule has 1 rings (SSSR count). The minimum Gasteiger partial charge on any atom is -0.479 e. The van der Waals surface area contributed by atoms with Crippen molar-refractivity contribution < 1.29 is 19.8 Å². The Balaban J connectivity index is 2.78. The van der Waals surface area contributed by atoms with Crippen LogP contribution < -0.4 is 10.2 Å². The number of carbonyl (C=O) groups excluding carboxylic acids is 1. The lowest BCUT2D eigenvalue weighted by molar-refractivity contribution is -0.155. The van der Waals surface area contributed by atoms with Crippen molar-refractivity contribution in [1.29, 1.82) is 5.26 Å². The lowest BCUT2D eigenvalue weighted by Gasteiger charge is -2.23. The number of benzene rings is 1. The van der Waals surface area contributed by atoms with Crippen molar-refractivity contribution in [2.75, 3.05) is 18.5 Å². The van der Waals surface area contributed by atoms with E-state index in [0.717, 1.165) is 6.92 Å². The lowest BCUT2D eigenvalue weighted by Crippen LogP contribution is -2.49. The van der Waals surface area contributed by atoms with Crippen LogP contribution in [-0.2, 0) is 4.79 Å². The van der Waals surface area contributed by atoms with Crippen molar-refractivity contribution in [1.82, 2.24) is 5.32 Å². The third-order valence-electron chi connectivity index (χ3n) is 2.74. The number of amides is 2. The van der Waals surface area contributed by atoms with Crippen LogP contribution in [0.25, 0.3) is 0 Å². The Hall–Kier alpha value is -2.59. The van der Waals surface area contributed by atoms with Gasteiger partial charge in [0, 0.05) is 7.05 Å². The van der Waals surface area contributed by atoms with Crippen LogP contribution in [0.4, 0.5) is 10.5 Å². The molecule has 0 saturated carbocycles. The van der Waals surface area contributed by atoms with Crippen molar-refractivity contribution in [3.05, 3.63) is 29.8 Å². The molecular formula is C13H15N3O4. The average molecular weight is 277 g/mol. The Labute approximate surface area is 116 Å². The molecule has 3 N–H and O–H groups in total. The van der Waals surface area contributed by atoms with Gasteiger partial charge in [-0.1, -0.05) is 12.1 Å². The zero-order valence-corrected chi connectivity index (χ0v) is 11.1. The Bertz CT molecular complexity index is 563. The van der Waals surface area contributed by atoms with E-state index in [1.807, 2.05) is 6.07 Å². The molecule has 0 fully saturated rings. The monoisotopic (exact) mass is 277 g/mol. The number of hydrogen-bond acceptors (Lipinski definition) is 4. The van der Waals surface area contributed by atoms with E-state index < -0.39 is 24.1 Å². The van der Waals surface area contributed by atoms with E-state index in [1.54, 1.807) is 24.3 Å². The van der Waals surface area contributed by atoms with E-state index in [4.69, 9.17) is 10.4 Å². The van der Waals surface area contributed by atoms with E-state index >= 15 is 0 Å². The zero-order valence-electron chi connectivity index (χ0n) is 11.1. The lowest BCUT2D eigenvalue weighted by atomic mass is 10.1. The average Bonchev–Trinajstić information content (AvgIpc) is 2.43. The number of nitrogens with one attached hydrogen (secondary N) is 1. The van der Waals surface area contributed by atoms with Gasteiger partial charge in [-0.3, -0.25) is 4.90 Å². The molecule has 0 bridgehead atoms. The largest absolute Gasteiger partial charge is 0.479 e. The second-order valence-corrected chi connectivity index (χ2v) is 4.43. The molecule has 0 aliphatic heterocycles. The summed E-state index contributed by atoms with van der Waals surface area (Å²) in [5, 5.41) is 29.5. The maximum Gasteiger partial charge on any atom is 0.337 e. The smallest absolute Gasteiger partial charge is 0.337 e. The maximum absolute atomic E-state index is 11.9. The number of carbonyl (C=O) groups is 2. The van der Waals surface area contributed by atoms with Gasteiger partial charge in [0.15, 0.2) is 5.60 Å². The summed E-state index contributed by atoms with van der Waals surface area (Å²) in [5.74, 6) is -1.43. The van der Waals surface area contributed by atoms with Crippen molar-refractivity contribution in [3.63, 3.8) is 0 Å². The van der Waals surface area contributed by atoms with Crippen molar-refractivity contribution >= 4 is 17.7 Å². The molecule has 2 amide bonds. The minimum absolute atomic E-state index is 0.315. The molecule has 106 valence electrons. The van der Waals surface area contributed by atoms with Gasteiger partial charge in [-0.15, -0.1) is 0 Å². The molecule has 1 aromatic rings. The molecule has 20 heavy (non-hydrogen) atoms. The number of anilines is 1. The van der Waals surface area contributed by atoms with Crippen LogP contribution in [0.1, 0.15) is 12.5 Å². The van der Waals surface area contributed by atoms with Crippen LogP contribution >= 0.6 is 0 Å². The first kappa shape index (κ1) is 15.5. The fourth-order valence-corrected chi connectivity index (χ4v) is 1.41. The summed E-state index contributed by atoms with van der Waals surface area (Å²) in [6.45, 7) is 0.638. The highest BCUT2D eigenvalue weighted by Crippen LogP contribution is 2.18. The molecule has 0 aromatic heterocycles. The number of carboxylic acids is 1. The van der Waals surface area contributed by atoms with E-state index in [-0.39, 0.29) is 0 Å². The predicted molar refractivity (Wildman–Crippen MR) is 71.2 cm³/mol. The van der Waals surface area contributed by atoms with Crippen molar-refractivity contribution in [2.45, 2.75) is 12.5 Å². The van der Waals surface area contributed by atoms with Gasteiger partial charge < -0.3 is 15.5 Å². The van der Waals surface area contributed by atoms with Gasteiger partial charge in [-0.2, -0.15) is 5.26 Å². The third-order valence-corrected chi connectivity index (χ3v) is 2.74. The van der Waals surface area contributed by atoms with E-state index in [9.17, 15) is 14.7 Å². The highest BCUT2D eigenvalue weighted by atomic mass is 16.4. The first-order valence-electron chi connectivity index (χ1n) is 5.76. The fourth-order valence-electron chi connectivity index (χ4n) is 1.41. The van der Waals surface area contributed by atoms with Crippen molar-refractivity contribution in [3.8, 4) is 6.07 Å². The molecule has 1 aromatic carbocycles. The Morgan fingerprint density at radius 3 is 2.60 bits per heavy atom. The zero-order chi connectivity index (χ0) is 15.3. The molecule has 7 heteroatoms. The standard InChI is InChI=1S/C13H15N3O4/c1-13(20,11(17)18)8-15-12(19)16(2)10-6-4-3-5-9(10)7-14/h3-6,20H,8H2,1-2H3,(H,15,19)(H,17,18). The molecule has 0 heterocycles. The normalized spacial score (nSPS) is 12.9. The Morgan fingerprint density at radius 2 is 2.05 bits per heavy atom. The van der Waals surface area contributed by atoms with Gasteiger partial charge in [-0.25, -0.2) is 9.59 Å². The van der Waals surface area contributed by atoms with Crippen LogP contribution in [-0.4, -0.2) is 41.4 Å². The van der Waals surface area contributed by atoms with Crippen LogP contribution in [0.2, 0.25) is 0 Å². The number of aliphatic carboxylic acids is 1. The number of carboxylic acid groups (broad SMARTS) is 1. The van der Waals surface area contributed by atoms with Gasteiger partial charge in [0.05, 0.1) is 17.8 Å². The summed E-state index contributed by atoms with van der Waals surface area (Å²) in [6.07, 6.45) is 0. The highest BCUT2D eigenvalue weighted by Gasteiger charge is 2.30. The van der Waals surface area contributed by atoms with Gasteiger partial charge >= 0.3 is 12.0 Å². The summed E-state index contributed by atoms with van der Waals surface area (Å²) in [4.78, 5) is 23.8. The van der Waals surface area contributed by atoms with Crippen LogP contribution in [0.5, 0.6) is 0 Å². The van der Waals surface area contributed by atoms with E-state index in [2.05, 4.69) is 5.32 Å². The summed E-state index contributed by atoms with van der Waals surface area (Å²) in [5.41, 5.74) is -1.34. The van der Waals surface area contributed by atoms with Crippen LogP contribution in [0.3, 0.4) is 0 Å². The molecule has 0 saturated heterocycles. The number of aliphatic hydroxyl groups is 1. The Morgan fingerprint density at radius 1 is 1.45 bits per heavy atom. The molecule has 1 atom stereocenters. The molecule has 0 spiro atoms.